The third-order valence-electron chi connectivity index (χ3n) is 3.24. The molecule has 0 aromatic heterocycles. The Hall–Kier alpha value is -0.870. The second-order valence-electron chi connectivity index (χ2n) is 5.44. The maximum atomic E-state index is 12.3. The van der Waals surface area contributed by atoms with Crippen molar-refractivity contribution in [3.8, 4) is 0 Å². The molecule has 1 aliphatic heterocycles. The van der Waals surface area contributed by atoms with E-state index in [2.05, 4.69) is 0 Å². The van der Waals surface area contributed by atoms with Crippen LogP contribution in [0.4, 0.5) is 0 Å². The van der Waals surface area contributed by atoms with Crippen LogP contribution in [0.25, 0.3) is 0 Å². The molecule has 1 fully saturated rings. The highest BCUT2D eigenvalue weighted by Crippen LogP contribution is 2.39. The van der Waals surface area contributed by atoms with Gasteiger partial charge in [-0.2, -0.15) is 4.31 Å². The van der Waals surface area contributed by atoms with Gasteiger partial charge < -0.3 is 0 Å². The molecule has 1 saturated heterocycles. The van der Waals surface area contributed by atoms with E-state index in [1.807, 2.05) is 30.3 Å². The van der Waals surface area contributed by atoms with E-state index >= 15 is 0 Å². The Labute approximate surface area is 104 Å². The number of nitrogens with zero attached hydrogens (tertiary/aromatic N) is 1. The molecule has 1 atom stereocenters. The number of rotatable bonds is 2. The molecule has 1 heterocycles. The topological polar surface area (TPSA) is 37.4 Å². The van der Waals surface area contributed by atoms with Crippen LogP contribution < -0.4 is 0 Å². The molecule has 0 saturated carbocycles. The minimum Gasteiger partial charge on any atom is -0.212 e. The molecule has 1 aromatic carbocycles. The second kappa shape index (κ2) is 4.10. The highest BCUT2D eigenvalue weighted by atomic mass is 32.2. The quantitative estimate of drug-likeness (QED) is 0.812. The first kappa shape index (κ1) is 12.6. The van der Waals surface area contributed by atoms with Gasteiger partial charge in [-0.05, 0) is 32.8 Å². The van der Waals surface area contributed by atoms with Crippen LogP contribution in [0, 0.1) is 0 Å². The van der Waals surface area contributed by atoms with Crippen molar-refractivity contribution in [2.24, 2.45) is 0 Å². The first-order chi connectivity index (χ1) is 7.84. The molecular weight excluding hydrogens is 234 g/mol. The molecule has 94 valence electrons. The summed E-state index contributed by atoms with van der Waals surface area (Å²) in [5.74, 6) is 0. The third-order valence-corrected chi connectivity index (χ3v) is 5.84. The monoisotopic (exact) mass is 253 g/mol. The van der Waals surface area contributed by atoms with Gasteiger partial charge in [0.2, 0.25) is 10.0 Å². The fraction of sp³-hybridized carbons (Fsp3) is 0.538. The molecule has 0 spiro atoms. The first-order valence-corrected chi connectivity index (χ1v) is 7.34. The molecule has 0 bridgehead atoms. The zero-order chi connectivity index (χ0) is 12.7. The summed E-state index contributed by atoms with van der Waals surface area (Å²) in [6.45, 7) is 5.90. The van der Waals surface area contributed by atoms with Crippen LogP contribution in [0.15, 0.2) is 30.3 Å². The van der Waals surface area contributed by atoms with Gasteiger partial charge in [0, 0.05) is 6.54 Å². The molecular formula is C13H19NO2S. The number of hydrogen-bond acceptors (Lipinski definition) is 2. The highest BCUT2D eigenvalue weighted by Gasteiger charge is 2.44. The fourth-order valence-corrected chi connectivity index (χ4v) is 3.62. The van der Waals surface area contributed by atoms with Gasteiger partial charge in [-0.3, -0.25) is 0 Å². The molecule has 0 amide bonds. The lowest BCUT2D eigenvalue weighted by Crippen LogP contribution is -2.51. The summed E-state index contributed by atoms with van der Waals surface area (Å²) in [4.78, 5) is 0. The average Bonchev–Trinajstić information content (AvgIpc) is 2.15. The molecule has 0 N–H and O–H groups in total. The normalized spacial score (nSPS) is 22.2. The van der Waals surface area contributed by atoms with Crippen molar-refractivity contribution in [3.63, 3.8) is 0 Å². The molecule has 1 aromatic rings. The SMILES string of the molecule is CC(C)(C)S(=O)(=O)N1CC[C@H]1c1ccccc1. The summed E-state index contributed by atoms with van der Waals surface area (Å²) in [6.07, 6.45) is 0.916. The number of hydrogen-bond donors (Lipinski definition) is 0. The van der Waals surface area contributed by atoms with E-state index < -0.39 is 14.8 Å². The van der Waals surface area contributed by atoms with Crippen molar-refractivity contribution >= 4 is 10.0 Å². The Kier molecular flexibility index (Phi) is 3.04. The van der Waals surface area contributed by atoms with Crippen molar-refractivity contribution in [1.82, 2.24) is 4.31 Å². The Morgan fingerprint density at radius 2 is 1.76 bits per heavy atom. The van der Waals surface area contributed by atoms with Crippen LogP contribution in [0.2, 0.25) is 0 Å². The van der Waals surface area contributed by atoms with Crippen LogP contribution >= 0.6 is 0 Å². The summed E-state index contributed by atoms with van der Waals surface area (Å²) >= 11 is 0. The fourth-order valence-electron chi connectivity index (χ4n) is 2.01. The zero-order valence-electron chi connectivity index (χ0n) is 10.6. The summed E-state index contributed by atoms with van der Waals surface area (Å²) in [6, 6.07) is 9.88. The van der Waals surface area contributed by atoms with Gasteiger partial charge in [-0.1, -0.05) is 30.3 Å². The molecule has 0 aliphatic carbocycles. The van der Waals surface area contributed by atoms with Gasteiger partial charge in [0.25, 0.3) is 0 Å². The second-order valence-corrected chi connectivity index (χ2v) is 8.09. The lowest BCUT2D eigenvalue weighted by atomic mass is 9.98. The molecule has 0 unspecified atom stereocenters. The Morgan fingerprint density at radius 1 is 1.18 bits per heavy atom. The molecule has 2 rings (SSSR count). The number of benzene rings is 1. The standard InChI is InChI=1S/C13H19NO2S/c1-13(2,3)17(15,16)14-10-9-12(14)11-7-5-4-6-8-11/h4-8,12H,9-10H2,1-3H3/t12-/m0/s1. The highest BCUT2D eigenvalue weighted by molar-refractivity contribution is 7.90. The van der Waals surface area contributed by atoms with E-state index in [0.29, 0.717) is 6.54 Å². The van der Waals surface area contributed by atoms with Crippen molar-refractivity contribution < 1.29 is 8.42 Å². The average molecular weight is 253 g/mol. The van der Waals surface area contributed by atoms with Gasteiger partial charge in [-0.25, -0.2) is 8.42 Å². The van der Waals surface area contributed by atoms with E-state index in [-0.39, 0.29) is 6.04 Å². The maximum Gasteiger partial charge on any atom is 0.219 e. The van der Waals surface area contributed by atoms with Crippen molar-refractivity contribution in [3.05, 3.63) is 35.9 Å². The lowest BCUT2D eigenvalue weighted by molar-refractivity contribution is 0.197. The Balaban J connectivity index is 2.27. The van der Waals surface area contributed by atoms with Gasteiger partial charge >= 0.3 is 0 Å². The minimum atomic E-state index is -3.20. The molecule has 0 radical (unpaired) electrons. The lowest BCUT2D eigenvalue weighted by Gasteiger charge is -2.43. The maximum absolute atomic E-state index is 12.3. The minimum absolute atomic E-state index is 0.0282. The largest absolute Gasteiger partial charge is 0.219 e. The zero-order valence-corrected chi connectivity index (χ0v) is 11.4. The molecule has 17 heavy (non-hydrogen) atoms. The number of sulfonamides is 1. The van der Waals surface area contributed by atoms with Crippen molar-refractivity contribution in [1.29, 1.82) is 0 Å². The molecule has 3 nitrogen and oxygen atoms in total. The summed E-state index contributed by atoms with van der Waals surface area (Å²) in [5, 5.41) is 0. The van der Waals surface area contributed by atoms with Crippen LogP contribution in [-0.2, 0) is 10.0 Å². The van der Waals surface area contributed by atoms with E-state index in [1.54, 1.807) is 25.1 Å². The van der Waals surface area contributed by atoms with Crippen LogP contribution in [0.1, 0.15) is 38.8 Å². The third kappa shape index (κ3) is 2.11. The predicted molar refractivity (Wildman–Crippen MR) is 69.2 cm³/mol. The smallest absolute Gasteiger partial charge is 0.212 e. The van der Waals surface area contributed by atoms with Gasteiger partial charge in [0.15, 0.2) is 0 Å². The van der Waals surface area contributed by atoms with Crippen molar-refractivity contribution in [2.45, 2.75) is 38.0 Å². The summed E-state index contributed by atoms with van der Waals surface area (Å²) in [5.41, 5.74) is 1.09. The summed E-state index contributed by atoms with van der Waals surface area (Å²) in [7, 11) is -3.20. The molecule has 1 aliphatic rings. The van der Waals surface area contributed by atoms with Crippen molar-refractivity contribution in [2.75, 3.05) is 6.54 Å². The Morgan fingerprint density at radius 3 is 2.18 bits per heavy atom. The van der Waals surface area contributed by atoms with Gasteiger partial charge in [0.05, 0.1) is 10.8 Å². The van der Waals surface area contributed by atoms with Gasteiger partial charge in [-0.15, -0.1) is 0 Å². The van der Waals surface area contributed by atoms with E-state index in [4.69, 9.17) is 0 Å². The van der Waals surface area contributed by atoms with Crippen LogP contribution in [-0.4, -0.2) is 24.0 Å². The van der Waals surface area contributed by atoms with E-state index in [1.165, 1.54) is 0 Å². The Bertz CT molecular complexity index is 488. The van der Waals surface area contributed by atoms with Gasteiger partial charge in [0.1, 0.15) is 0 Å². The summed E-state index contributed by atoms with van der Waals surface area (Å²) < 4.78 is 25.6. The first-order valence-electron chi connectivity index (χ1n) is 5.90. The van der Waals surface area contributed by atoms with Crippen LogP contribution in [0.5, 0.6) is 0 Å². The predicted octanol–water partition coefficient (Wildman–Crippen LogP) is 2.56. The van der Waals surface area contributed by atoms with E-state index in [9.17, 15) is 8.42 Å². The van der Waals surface area contributed by atoms with Crippen LogP contribution in [0.3, 0.4) is 0 Å². The van der Waals surface area contributed by atoms with E-state index in [0.717, 1.165) is 12.0 Å². The molecule has 4 heteroatoms.